The van der Waals surface area contributed by atoms with Crippen LogP contribution in [0.25, 0.3) is 0 Å². The largest absolute Gasteiger partial charge is 0.352 e. The fraction of sp³-hybridized carbons (Fsp3) is 0.895. The predicted octanol–water partition coefficient (Wildman–Crippen LogP) is 1.31. The minimum Gasteiger partial charge on any atom is -0.352 e. The van der Waals surface area contributed by atoms with Crippen LogP contribution in [0.3, 0.4) is 0 Å². The highest BCUT2D eigenvalue weighted by Gasteiger charge is 2.34. The summed E-state index contributed by atoms with van der Waals surface area (Å²) in [6.07, 6.45) is 2.24. The lowest BCUT2D eigenvalue weighted by Gasteiger charge is -2.42. The Bertz CT molecular complexity index is 460. The number of carbonyl (C=O) groups is 2. The van der Waals surface area contributed by atoms with Gasteiger partial charge < -0.3 is 10.2 Å². The number of amides is 2. The van der Waals surface area contributed by atoms with Crippen molar-refractivity contribution in [2.75, 3.05) is 26.2 Å². The molecule has 2 amide bonds. The van der Waals surface area contributed by atoms with Crippen molar-refractivity contribution in [3.8, 4) is 0 Å². The van der Waals surface area contributed by atoms with E-state index in [1.165, 1.54) is 0 Å². The number of nitrogens with one attached hydrogen (secondary N) is 1. The van der Waals surface area contributed by atoms with E-state index < -0.39 is 0 Å². The van der Waals surface area contributed by atoms with Crippen LogP contribution in [-0.4, -0.2) is 82.9 Å². The van der Waals surface area contributed by atoms with E-state index in [1.807, 2.05) is 18.7 Å². The van der Waals surface area contributed by atoms with Crippen LogP contribution in [0, 0.1) is 0 Å². The Hall–Kier alpha value is -1.14. The molecule has 25 heavy (non-hydrogen) atoms. The number of nitrogens with zero attached hydrogens (tertiary/aromatic N) is 3. The van der Waals surface area contributed by atoms with Gasteiger partial charge in [0.05, 0.1) is 12.1 Å². The van der Waals surface area contributed by atoms with Crippen molar-refractivity contribution in [3.63, 3.8) is 0 Å². The number of piperazine rings is 1. The van der Waals surface area contributed by atoms with Crippen LogP contribution >= 0.6 is 0 Å². The van der Waals surface area contributed by atoms with Gasteiger partial charge in [-0.25, -0.2) is 0 Å². The number of hydrogen-bond acceptors (Lipinski definition) is 4. The second-order valence-corrected chi connectivity index (χ2v) is 8.14. The first-order valence-corrected chi connectivity index (χ1v) is 9.83. The normalized spacial score (nSPS) is 22.1. The Morgan fingerprint density at radius 1 is 0.840 bits per heavy atom. The van der Waals surface area contributed by atoms with Crippen molar-refractivity contribution >= 4 is 11.8 Å². The Kier molecular flexibility index (Phi) is 6.86. The van der Waals surface area contributed by atoms with Crippen molar-refractivity contribution in [3.05, 3.63) is 0 Å². The molecule has 2 atom stereocenters. The number of rotatable bonds is 7. The highest BCUT2D eigenvalue weighted by atomic mass is 16.2. The molecule has 2 aliphatic rings. The van der Waals surface area contributed by atoms with Gasteiger partial charge in [0, 0.05) is 44.3 Å². The SMILES string of the molecule is CC(C)N(C(=O)[C@H](C)N1CCN([C@@H](C)C(=O)NC2CC2)CC1)C(C)C. The standard InChI is InChI=1S/C19H36N4O2/c1-13(2)23(14(3)4)19(25)16(6)22-11-9-21(10-12-22)15(5)18(24)20-17-7-8-17/h13-17H,7-12H2,1-6H3,(H,20,24)/t15-,16-/m0/s1. The highest BCUT2D eigenvalue weighted by molar-refractivity contribution is 5.82. The molecule has 1 saturated heterocycles. The molecule has 1 aliphatic carbocycles. The predicted molar refractivity (Wildman–Crippen MR) is 100 cm³/mol. The first-order chi connectivity index (χ1) is 11.7. The summed E-state index contributed by atoms with van der Waals surface area (Å²) in [6, 6.07) is 0.635. The van der Waals surface area contributed by atoms with Crippen LogP contribution in [0.1, 0.15) is 54.4 Å². The van der Waals surface area contributed by atoms with Crippen LogP contribution in [0.2, 0.25) is 0 Å². The van der Waals surface area contributed by atoms with Gasteiger partial charge in [0.25, 0.3) is 0 Å². The van der Waals surface area contributed by atoms with E-state index in [2.05, 4.69) is 42.8 Å². The maximum absolute atomic E-state index is 12.9. The third-order valence-corrected chi connectivity index (χ3v) is 5.47. The molecule has 0 spiro atoms. The van der Waals surface area contributed by atoms with Crippen LogP contribution < -0.4 is 5.32 Å². The third-order valence-electron chi connectivity index (χ3n) is 5.47. The van der Waals surface area contributed by atoms with Gasteiger partial charge in [-0.05, 0) is 54.4 Å². The molecule has 0 aromatic rings. The topological polar surface area (TPSA) is 55.9 Å². The lowest BCUT2D eigenvalue weighted by molar-refractivity contribution is -0.141. The Labute approximate surface area is 152 Å². The van der Waals surface area contributed by atoms with Gasteiger partial charge in [-0.1, -0.05) is 0 Å². The second kappa shape index (κ2) is 8.49. The van der Waals surface area contributed by atoms with E-state index in [9.17, 15) is 9.59 Å². The zero-order chi connectivity index (χ0) is 18.7. The molecular formula is C19H36N4O2. The molecule has 0 aromatic carbocycles. The average Bonchev–Trinajstić information content (AvgIpc) is 3.36. The summed E-state index contributed by atoms with van der Waals surface area (Å²) in [7, 11) is 0. The first kappa shape index (κ1) is 20.2. The second-order valence-electron chi connectivity index (χ2n) is 8.14. The summed E-state index contributed by atoms with van der Waals surface area (Å²) in [5.41, 5.74) is 0. The lowest BCUT2D eigenvalue weighted by atomic mass is 10.1. The lowest BCUT2D eigenvalue weighted by Crippen LogP contribution is -2.59. The van der Waals surface area contributed by atoms with Crippen molar-refractivity contribution in [1.82, 2.24) is 20.0 Å². The molecular weight excluding hydrogens is 316 g/mol. The molecule has 144 valence electrons. The summed E-state index contributed by atoms with van der Waals surface area (Å²) in [4.78, 5) is 31.6. The zero-order valence-corrected chi connectivity index (χ0v) is 16.8. The summed E-state index contributed by atoms with van der Waals surface area (Å²) in [5.74, 6) is 0.351. The quantitative estimate of drug-likeness (QED) is 0.750. The highest BCUT2D eigenvalue weighted by Crippen LogP contribution is 2.19. The molecule has 1 heterocycles. The maximum atomic E-state index is 12.9. The number of hydrogen-bond donors (Lipinski definition) is 1. The minimum atomic E-state index is -0.109. The smallest absolute Gasteiger partial charge is 0.240 e. The van der Waals surface area contributed by atoms with Crippen molar-refractivity contribution in [2.45, 2.75) is 84.6 Å². The fourth-order valence-corrected chi connectivity index (χ4v) is 3.70. The minimum absolute atomic E-state index is 0.0865. The van der Waals surface area contributed by atoms with E-state index in [4.69, 9.17) is 0 Å². The van der Waals surface area contributed by atoms with Crippen LogP contribution in [0.5, 0.6) is 0 Å². The molecule has 2 fully saturated rings. The van der Waals surface area contributed by atoms with Crippen LogP contribution in [-0.2, 0) is 9.59 Å². The fourth-order valence-electron chi connectivity index (χ4n) is 3.70. The first-order valence-electron chi connectivity index (χ1n) is 9.83. The van der Waals surface area contributed by atoms with Gasteiger partial charge in [-0.2, -0.15) is 0 Å². The van der Waals surface area contributed by atoms with Gasteiger partial charge in [-0.15, -0.1) is 0 Å². The van der Waals surface area contributed by atoms with Gasteiger partial charge in [-0.3, -0.25) is 19.4 Å². The third kappa shape index (κ3) is 5.17. The van der Waals surface area contributed by atoms with Crippen molar-refractivity contribution < 1.29 is 9.59 Å². The molecule has 2 rings (SSSR count). The average molecular weight is 353 g/mol. The Morgan fingerprint density at radius 3 is 1.68 bits per heavy atom. The van der Waals surface area contributed by atoms with Crippen LogP contribution in [0.4, 0.5) is 0 Å². The molecule has 0 aromatic heterocycles. The molecule has 0 radical (unpaired) electrons. The van der Waals surface area contributed by atoms with Gasteiger partial charge in [0.15, 0.2) is 0 Å². The summed E-state index contributed by atoms with van der Waals surface area (Å²) in [6.45, 7) is 15.6. The van der Waals surface area contributed by atoms with Gasteiger partial charge >= 0.3 is 0 Å². The summed E-state index contributed by atoms with van der Waals surface area (Å²) < 4.78 is 0. The monoisotopic (exact) mass is 352 g/mol. The van der Waals surface area contributed by atoms with Gasteiger partial charge in [0.2, 0.25) is 11.8 Å². The zero-order valence-electron chi connectivity index (χ0n) is 16.8. The van der Waals surface area contributed by atoms with Crippen molar-refractivity contribution in [2.24, 2.45) is 0 Å². The molecule has 1 N–H and O–H groups in total. The molecule has 1 aliphatic heterocycles. The molecule has 6 heteroatoms. The summed E-state index contributed by atoms with van der Waals surface area (Å²) in [5, 5.41) is 3.09. The van der Waals surface area contributed by atoms with Crippen molar-refractivity contribution in [1.29, 1.82) is 0 Å². The molecule has 0 unspecified atom stereocenters. The molecule has 6 nitrogen and oxygen atoms in total. The van der Waals surface area contributed by atoms with E-state index in [-0.39, 0.29) is 36.0 Å². The van der Waals surface area contributed by atoms with E-state index in [0.717, 1.165) is 39.0 Å². The molecule has 0 bridgehead atoms. The van der Waals surface area contributed by atoms with Gasteiger partial charge in [0.1, 0.15) is 0 Å². The van der Waals surface area contributed by atoms with E-state index in [1.54, 1.807) is 0 Å². The molecule has 1 saturated carbocycles. The van der Waals surface area contributed by atoms with E-state index >= 15 is 0 Å². The Balaban J connectivity index is 1.85. The maximum Gasteiger partial charge on any atom is 0.240 e. The number of carbonyl (C=O) groups excluding carboxylic acids is 2. The summed E-state index contributed by atoms with van der Waals surface area (Å²) >= 11 is 0. The van der Waals surface area contributed by atoms with E-state index in [0.29, 0.717) is 6.04 Å². The van der Waals surface area contributed by atoms with Crippen LogP contribution in [0.15, 0.2) is 0 Å². The Morgan fingerprint density at radius 2 is 1.28 bits per heavy atom.